The second kappa shape index (κ2) is 12.2. The largest absolute Gasteiger partial charge is 0.361 e. The molecular weight excluding hydrogens is 430 g/mol. The number of aromatic amines is 1. The molecule has 33 heavy (non-hydrogen) atoms. The minimum absolute atomic E-state index is 0.0191. The lowest BCUT2D eigenvalue weighted by Gasteiger charge is -2.41. The number of fused-ring (bicyclic) bond motifs is 1. The molecule has 2 atom stereocenters. The van der Waals surface area contributed by atoms with Gasteiger partial charge in [0.05, 0.1) is 12.1 Å². The Hall–Kier alpha value is -1.54. The fourth-order valence-corrected chi connectivity index (χ4v) is 5.87. The third-order valence-electron chi connectivity index (χ3n) is 7.28. The van der Waals surface area contributed by atoms with E-state index < -0.39 is 0 Å². The van der Waals surface area contributed by atoms with Gasteiger partial charge < -0.3 is 20.1 Å². The van der Waals surface area contributed by atoms with Gasteiger partial charge >= 0.3 is 0 Å². The summed E-state index contributed by atoms with van der Waals surface area (Å²) in [4.78, 5) is 24.8. The van der Waals surface area contributed by atoms with Crippen LogP contribution in [0.4, 0.5) is 0 Å². The highest BCUT2D eigenvalue weighted by Crippen LogP contribution is 2.30. The minimum Gasteiger partial charge on any atom is -0.361 e. The minimum atomic E-state index is -0.0191. The first-order valence-electron chi connectivity index (χ1n) is 12.8. The van der Waals surface area contributed by atoms with Gasteiger partial charge in [0, 0.05) is 61.9 Å². The molecule has 2 N–H and O–H groups in total. The van der Waals surface area contributed by atoms with Gasteiger partial charge in [-0.05, 0) is 50.4 Å². The molecule has 7 heteroatoms. The van der Waals surface area contributed by atoms with Crippen molar-refractivity contribution in [1.82, 2.24) is 25.0 Å². The van der Waals surface area contributed by atoms with Gasteiger partial charge in [-0.15, -0.1) is 0 Å². The molecule has 0 radical (unpaired) electrons. The van der Waals surface area contributed by atoms with E-state index in [0.717, 1.165) is 69.9 Å². The van der Waals surface area contributed by atoms with Crippen LogP contribution >= 0.6 is 11.8 Å². The topological polar surface area (TPSA) is 54.6 Å². The lowest BCUT2D eigenvalue weighted by molar-refractivity contribution is -0.140. The fourth-order valence-electron chi connectivity index (χ4n) is 5.41. The van der Waals surface area contributed by atoms with Gasteiger partial charge in [-0.3, -0.25) is 9.69 Å². The van der Waals surface area contributed by atoms with E-state index in [1.54, 1.807) is 0 Å². The Morgan fingerprint density at radius 2 is 2.06 bits per heavy atom. The molecule has 4 rings (SSSR count). The molecule has 2 aliphatic rings. The molecule has 1 unspecified atom stereocenters. The monoisotopic (exact) mass is 471 g/mol. The number of H-pyrrole nitrogens is 1. The average Bonchev–Trinajstić information content (AvgIpc) is 3.14. The molecule has 0 spiro atoms. The number of para-hydroxylation sites is 1. The van der Waals surface area contributed by atoms with E-state index in [4.69, 9.17) is 0 Å². The number of carbonyl (C=O) groups is 1. The summed E-state index contributed by atoms with van der Waals surface area (Å²) < 4.78 is 0. The van der Waals surface area contributed by atoms with Crippen LogP contribution in [0.25, 0.3) is 10.9 Å². The van der Waals surface area contributed by atoms with Crippen molar-refractivity contribution in [1.29, 1.82) is 0 Å². The molecule has 0 saturated carbocycles. The van der Waals surface area contributed by atoms with E-state index in [-0.39, 0.29) is 12.1 Å². The first-order chi connectivity index (χ1) is 16.2. The van der Waals surface area contributed by atoms with Crippen LogP contribution in [-0.4, -0.2) is 96.0 Å². The number of unbranched alkanes of at least 4 members (excludes halogenated alkanes) is 1. The molecule has 3 heterocycles. The second-order valence-corrected chi connectivity index (χ2v) is 10.4. The van der Waals surface area contributed by atoms with Gasteiger partial charge in [-0.1, -0.05) is 31.5 Å². The van der Waals surface area contributed by atoms with Crippen LogP contribution in [0, 0.1) is 0 Å². The second-order valence-electron chi connectivity index (χ2n) is 9.42. The first kappa shape index (κ1) is 24.6. The zero-order valence-electron chi connectivity index (χ0n) is 20.4. The van der Waals surface area contributed by atoms with Crippen molar-refractivity contribution in [3.05, 3.63) is 36.0 Å². The van der Waals surface area contributed by atoms with Crippen LogP contribution in [0.2, 0.25) is 0 Å². The van der Waals surface area contributed by atoms with E-state index in [1.807, 2.05) is 11.8 Å². The van der Waals surface area contributed by atoms with Crippen molar-refractivity contribution >= 4 is 28.6 Å². The number of benzene rings is 1. The number of thioether (sulfide) groups is 1. The lowest BCUT2D eigenvalue weighted by atomic mass is 10.0. The Balaban J connectivity index is 1.53. The normalized spacial score (nSPS) is 21.9. The number of hydrogen-bond acceptors (Lipinski definition) is 5. The standard InChI is InChI=1S/C26H41N5OS/c1-3-4-12-29-13-7-14-30(17-16-29)24(10-18-33-2)26(32)31-15-11-27-20-25(31)22-19-28-23-9-6-5-8-21(22)23/h5-6,8-9,19,24-25,27-28H,3-4,7,10-18,20H2,1-2H3/t24-,25?/m1/s1. The summed E-state index contributed by atoms with van der Waals surface area (Å²) in [6.45, 7) is 10.2. The van der Waals surface area contributed by atoms with Gasteiger partial charge in [0.15, 0.2) is 0 Å². The zero-order valence-corrected chi connectivity index (χ0v) is 21.2. The number of carbonyl (C=O) groups excluding carboxylic acids is 1. The maximum absolute atomic E-state index is 14.1. The number of nitrogens with zero attached hydrogens (tertiary/aromatic N) is 3. The van der Waals surface area contributed by atoms with Crippen molar-refractivity contribution < 1.29 is 4.79 Å². The third kappa shape index (κ3) is 5.94. The summed E-state index contributed by atoms with van der Waals surface area (Å²) in [6, 6.07) is 8.49. The van der Waals surface area contributed by atoms with Crippen molar-refractivity contribution in [2.75, 3.05) is 64.4 Å². The number of amides is 1. The third-order valence-corrected chi connectivity index (χ3v) is 7.92. The molecule has 2 fully saturated rings. The number of nitrogens with one attached hydrogen (secondary N) is 2. The van der Waals surface area contributed by atoms with Gasteiger partial charge in [0.25, 0.3) is 0 Å². The quantitative estimate of drug-likeness (QED) is 0.586. The predicted octanol–water partition coefficient (Wildman–Crippen LogP) is 3.57. The van der Waals surface area contributed by atoms with Crippen molar-refractivity contribution in [2.45, 2.75) is 44.7 Å². The molecular formula is C26H41N5OS. The maximum Gasteiger partial charge on any atom is 0.240 e. The van der Waals surface area contributed by atoms with Gasteiger partial charge in [0.1, 0.15) is 0 Å². The molecule has 182 valence electrons. The Kier molecular flexibility index (Phi) is 9.12. The van der Waals surface area contributed by atoms with Crippen molar-refractivity contribution in [3.63, 3.8) is 0 Å². The van der Waals surface area contributed by atoms with E-state index in [0.29, 0.717) is 5.91 Å². The van der Waals surface area contributed by atoms with E-state index in [9.17, 15) is 4.79 Å². The summed E-state index contributed by atoms with van der Waals surface area (Å²) in [7, 11) is 0. The van der Waals surface area contributed by atoms with Crippen molar-refractivity contribution in [2.24, 2.45) is 0 Å². The van der Waals surface area contributed by atoms with Gasteiger partial charge in [-0.25, -0.2) is 0 Å². The highest BCUT2D eigenvalue weighted by molar-refractivity contribution is 7.98. The molecule has 0 bridgehead atoms. The Morgan fingerprint density at radius 1 is 1.18 bits per heavy atom. The average molecular weight is 472 g/mol. The van der Waals surface area contributed by atoms with Gasteiger partial charge in [-0.2, -0.15) is 11.8 Å². The van der Waals surface area contributed by atoms with Gasteiger partial charge in [0.2, 0.25) is 5.91 Å². The summed E-state index contributed by atoms with van der Waals surface area (Å²) >= 11 is 1.85. The summed E-state index contributed by atoms with van der Waals surface area (Å²) in [5.41, 5.74) is 2.38. The molecule has 2 aliphatic heterocycles. The number of hydrogen-bond donors (Lipinski definition) is 2. The number of rotatable bonds is 9. The molecule has 1 aromatic carbocycles. The van der Waals surface area contributed by atoms with Crippen LogP contribution in [0.3, 0.4) is 0 Å². The molecule has 6 nitrogen and oxygen atoms in total. The number of aromatic nitrogens is 1. The molecule has 1 amide bonds. The Morgan fingerprint density at radius 3 is 2.91 bits per heavy atom. The van der Waals surface area contributed by atoms with Crippen LogP contribution in [0.15, 0.2) is 30.5 Å². The maximum atomic E-state index is 14.1. The molecule has 0 aliphatic carbocycles. The first-order valence-corrected chi connectivity index (χ1v) is 14.1. The molecule has 1 aromatic heterocycles. The summed E-state index contributed by atoms with van der Waals surface area (Å²) in [6.07, 6.45) is 8.85. The highest BCUT2D eigenvalue weighted by atomic mass is 32.2. The van der Waals surface area contributed by atoms with Crippen LogP contribution < -0.4 is 5.32 Å². The smallest absolute Gasteiger partial charge is 0.240 e. The van der Waals surface area contributed by atoms with Crippen LogP contribution in [0.1, 0.15) is 44.2 Å². The summed E-state index contributed by atoms with van der Waals surface area (Å²) in [5, 5.41) is 4.77. The van der Waals surface area contributed by atoms with Crippen LogP contribution in [-0.2, 0) is 4.79 Å². The molecule has 2 saturated heterocycles. The van der Waals surface area contributed by atoms with E-state index in [2.05, 4.69) is 68.6 Å². The SMILES string of the molecule is CCCCN1CCCN([C@H](CCSC)C(=O)N2CCNCC2c2c[nH]c3ccccc23)CC1. The summed E-state index contributed by atoms with van der Waals surface area (Å²) in [5.74, 6) is 1.35. The Bertz CT molecular complexity index is 886. The van der Waals surface area contributed by atoms with Crippen LogP contribution in [0.5, 0.6) is 0 Å². The molecule has 2 aromatic rings. The van der Waals surface area contributed by atoms with E-state index in [1.165, 1.54) is 30.3 Å². The number of piperazine rings is 1. The fraction of sp³-hybridized carbons (Fsp3) is 0.654. The highest BCUT2D eigenvalue weighted by Gasteiger charge is 2.36. The zero-order chi connectivity index (χ0) is 23.0. The Labute approximate surface area is 203 Å². The van der Waals surface area contributed by atoms with Crippen molar-refractivity contribution in [3.8, 4) is 0 Å². The predicted molar refractivity (Wildman–Crippen MR) is 140 cm³/mol. The lowest BCUT2D eigenvalue weighted by Crippen LogP contribution is -2.56. The van der Waals surface area contributed by atoms with E-state index >= 15 is 0 Å².